The lowest BCUT2D eigenvalue weighted by molar-refractivity contribution is -0.484. The molecular formula is C16H4F27NS. The fraction of sp³-hybridized carbons (Fsp3) is 0.938. The van der Waals surface area contributed by atoms with Crippen LogP contribution in [0.15, 0.2) is 0 Å². The van der Waals surface area contributed by atoms with Gasteiger partial charge in [-0.1, -0.05) is 0 Å². The minimum Gasteiger partial charge on any atom is -0.200 e. The van der Waals surface area contributed by atoms with E-state index in [0.717, 1.165) is 5.40 Å². The van der Waals surface area contributed by atoms with Gasteiger partial charge in [-0.05, 0) is 11.8 Å². The van der Waals surface area contributed by atoms with E-state index in [0.29, 0.717) is 0 Å². The molecule has 0 rings (SSSR count). The van der Waals surface area contributed by atoms with Crippen molar-refractivity contribution in [3.05, 3.63) is 0 Å². The second-order valence-electron chi connectivity index (χ2n) is 8.21. The van der Waals surface area contributed by atoms with Crippen LogP contribution in [0.2, 0.25) is 0 Å². The standard InChI is InChI=1S/C16H4F27NS/c17-4(18,1-2-45-3-44)5(19,20)6(21,22)7(23,24)8(25,26)9(27,28)10(29,30)11(31,32)12(33,34)13(35,36)14(37,38)15(39,40)16(41,42)43/h1-2H2. The van der Waals surface area contributed by atoms with Crippen LogP contribution in [0.5, 0.6) is 0 Å². The van der Waals surface area contributed by atoms with Crippen LogP contribution in [0.4, 0.5) is 119 Å². The smallest absolute Gasteiger partial charge is 0.200 e. The molecule has 0 spiro atoms. The topological polar surface area (TPSA) is 23.8 Å². The van der Waals surface area contributed by atoms with Crippen molar-refractivity contribution in [1.82, 2.24) is 0 Å². The van der Waals surface area contributed by atoms with E-state index in [-0.39, 0.29) is 0 Å². The maximum absolute atomic E-state index is 13.7. The van der Waals surface area contributed by atoms with Gasteiger partial charge in [0.05, 0.1) is 0 Å². The highest BCUT2D eigenvalue weighted by Gasteiger charge is 3.00. The average molecular weight is 755 g/mol. The summed E-state index contributed by atoms with van der Waals surface area (Å²) < 4.78 is 360. The van der Waals surface area contributed by atoms with Crippen LogP contribution in [-0.4, -0.2) is 83.0 Å². The molecule has 0 N–H and O–H groups in total. The van der Waals surface area contributed by atoms with E-state index < -0.39 is 101 Å². The molecule has 0 aliphatic rings. The van der Waals surface area contributed by atoms with Gasteiger partial charge < -0.3 is 0 Å². The first-order valence-electron chi connectivity index (χ1n) is 9.67. The summed E-state index contributed by atoms with van der Waals surface area (Å²) in [6.07, 6.45) is -11.2. The molecule has 0 fully saturated rings. The van der Waals surface area contributed by atoms with Gasteiger partial charge in [0.2, 0.25) is 0 Å². The second kappa shape index (κ2) is 11.0. The maximum atomic E-state index is 13.7. The van der Waals surface area contributed by atoms with Crippen LogP contribution in [-0.2, 0) is 0 Å². The van der Waals surface area contributed by atoms with Crippen molar-refractivity contribution >= 4 is 11.8 Å². The summed E-state index contributed by atoms with van der Waals surface area (Å²) in [5.74, 6) is -111. The Morgan fingerprint density at radius 2 is 0.533 bits per heavy atom. The van der Waals surface area contributed by atoms with E-state index in [2.05, 4.69) is 0 Å². The number of thioether (sulfide) groups is 1. The monoisotopic (exact) mass is 755 g/mol. The molecule has 0 amide bonds. The van der Waals surface area contributed by atoms with Gasteiger partial charge >= 0.3 is 77.2 Å². The zero-order valence-corrected chi connectivity index (χ0v) is 20.3. The van der Waals surface area contributed by atoms with Gasteiger partial charge in [-0.15, -0.1) is 0 Å². The van der Waals surface area contributed by atoms with E-state index >= 15 is 0 Å². The van der Waals surface area contributed by atoms with Gasteiger partial charge in [-0.2, -0.15) is 124 Å². The Morgan fingerprint density at radius 3 is 0.733 bits per heavy atom. The molecular weight excluding hydrogens is 751 g/mol. The van der Waals surface area contributed by atoms with Crippen molar-refractivity contribution in [3.63, 3.8) is 0 Å². The SMILES string of the molecule is N#CSCCC(F)(F)C(F)(F)C(F)(F)C(F)(F)C(F)(F)C(F)(F)C(F)(F)C(F)(F)C(F)(F)C(F)(F)C(F)(F)C(F)(F)C(F)(F)F. The van der Waals surface area contributed by atoms with Crippen molar-refractivity contribution < 1.29 is 119 Å². The lowest BCUT2D eigenvalue weighted by Gasteiger charge is -2.46. The van der Waals surface area contributed by atoms with E-state index in [4.69, 9.17) is 5.26 Å². The third-order valence-electron chi connectivity index (χ3n) is 5.34. The molecule has 0 aromatic carbocycles. The summed E-state index contributed by atoms with van der Waals surface area (Å²) in [7, 11) is 0. The van der Waals surface area contributed by atoms with Crippen LogP contribution < -0.4 is 0 Å². The second-order valence-corrected chi connectivity index (χ2v) is 9.09. The first kappa shape index (κ1) is 43.0. The number of hydrogen-bond acceptors (Lipinski definition) is 2. The van der Waals surface area contributed by atoms with Gasteiger partial charge in [0, 0.05) is 12.2 Å². The van der Waals surface area contributed by atoms with E-state index in [1.807, 2.05) is 0 Å². The zero-order valence-electron chi connectivity index (χ0n) is 19.5. The van der Waals surface area contributed by atoms with E-state index in [9.17, 15) is 119 Å². The summed E-state index contributed by atoms with van der Waals surface area (Å²) in [5, 5.41) is 8.74. The predicted octanol–water partition coefficient (Wildman–Crippen LogP) is 9.78. The fourth-order valence-corrected chi connectivity index (χ4v) is 3.01. The molecule has 1 nitrogen and oxygen atoms in total. The first-order chi connectivity index (χ1) is 19.1. The van der Waals surface area contributed by atoms with Crippen LogP contribution in [0.25, 0.3) is 0 Å². The summed E-state index contributed by atoms with van der Waals surface area (Å²) in [5.41, 5.74) is 0. The van der Waals surface area contributed by atoms with Crippen molar-refractivity contribution in [2.45, 2.75) is 83.7 Å². The Morgan fingerprint density at radius 1 is 0.333 bits per heavy atom. The van der Waals surface area contributed by atoms with Crippen LogP contribution in [0.3, 0.4) is 0 Å². The molecule has 0 unspecified atom stereocenters. The Bertz CT molecular complexity index is 1110. The summed E-state index contributed by atoms with van der Waals surface area (Å²) >= 11 is -0.592. The molecule has 268 valence electrons. The lowest BCUT2D eigenvalue weighted by atomic mass is 9.84. The highest BCUT2D eigenvalue weighted by Crippen LogP contribution is 2.68. The molecule has 0 saturated carbocycles. The Labute approximate surface area is 231 Å². The predicted molar refractivity (Wildman–Crippen MR) is 88.1 cm³/mol. The number of nitriles is 1. The van der Waals surface area contributed by atoms with Gasteiger partial charge in [-0.3, -0.25) is 0 Å². The Balaban J connectivity index is 7.36. The van der Waals surface area contributed by atoms with Gasteiger partial charge in [0.15, 0.2) is 0 Å². The highest BCUT2D eigenvalue weighted by molar-refractivity contribution is 8.03. The minimum atomic E-state index is -9.78. The third kappa shape index (κ3) is 5.34. The number of halogens is 27. The van der Waals surface area contributed by atoms with Gasteiger partial charge in [0.1, 0.15) is 5.40 Å². The normalized spacial score (nSPS) is 16.6. The van der Waals surface area contributed by atoms with Crippen molar-refractivity contribution in [3.8, 4) is 5.40 Å². The number of hydrogen-bond donors (Lipinski definition) is 0. The summed E-state index contributed by atoms with van der Waals surface area (Å²) in [6.45, 7) is 0. The number of thiocyanates is 1. The Kier molecular flexibility index (Phi) is 10.5. The molecule has 0 bridgehead atoms. The molecule has 45 heavy (non-hydrogen) atoms. The van der Waals surface area contributed by atoms with Crippen LogP contribution in [0, 0.1) is 10.7 Å². The van der Waals surface area contributed by atoms with Crippen molar-refractivity contribution in [2.75, 3.05) is 5.75 Å². The van der Waals surface area contributed by atoms with Crippen molar-refractivity contribution in [1.29, 1.82) is 5.26 Å². The molecule has 0 aromatic rings. The summed E-state index contributed by atoms with van der Waals surface area (Å²) in [6, 6.07) is 0. The Hall–Kier alpha value is -2.05. The minimum absolute atomic E-state index is 0.592. The molecule has 0 radical (unpaired) electrons. The number of alkyl halides is 27. The average Bonchev–Trinajstić information content (AvgIpc) is 2.81. The maximum Gasteiger partial charge on any atom is 0.460 e. The highest BCUT2D eigenvalue weighted by atomic mass is 32.2. The largest absolute Gasteiger partial charge is 0.460 e. The van der Waals surface area contributed by atoms with Gasteiger partial charge in [-0.25, -0.2) is 0 Å². The van der Waals surface area contributed by atoms with E-state index in [1.54, 1.807) is 0 Å². The lowest BCUT2D eigenvalue weighted by Crippen LogP contribution is -2.78. The van der Waals surface area contributed by atoms with Crippen molar-refractivity contribution in [2.24, 2.45) is 0 Å². The van der Waals surface area contributed by atoms with Crippen LogP contribution in [0.1, 0.15) is 6.42 Å². The first-order valence-corrected chi connectivity index (χ1v) is 10.7. The number of rotatable bonds is 14. The number of nitrogens with zero attached hydrogens (tertiary/aromatic N) is 1. The molecule has 29 heteroatoms. The fourth-order valence-electron chi connectivity index (χ4n) is 2.56. The van der Waals surface area contributed by atoms with Crippen LogP contribution >= 0.6 is 11.8 Å². The molecule has 0 heterocycles. The van der Waals surface area contributed by atoms with E-state index in [1.165, 1.54) is 0 Å². The molecule has 0 aliphatic carbocycles. The third-order valence-corrected chi connectivity index (χ3v) is 5.88. The molecule has 0 aliphatic heterocycles. The van der Waals surface area contributed by atoms with Gasteiger partial charge in [0.25, 0.3) is 0 Å². The molecule has 0 saturated heterocycles. The summed E-state index contributed by atoms with van der Waals surface area (Å²) in [4.78, 5) is 0. The quantitative estimate of drug-likeness (QED) is 0.100. The molecule has 0 aromatic heterocycles. The molecule has 0 atom stereocenters. The zero-order chi connectivity index (χ0) is 37.3.